The Labute approximate surface area is 125 Å². The van der Waals surface area contributed by atoms with Crippen molar-refractivity contribution < 1.29 is 9.53 Å². The maximum absolute atomic E-state index is 12.5. The van der Waals surface area contributed by atoms with Gasteiger partial charge in [0.05, 0.1) is 6.54 Å². The molecule has 3 rings (SSSR count). The van der Waals surface area contributed by atoms with Gasteiger partial charge in [-0.3, -0.25) is 9.69 Å². The number of carbonyl (C=O) groups is 1. The SMILES string of the molecule is Cc1ccccc1C(=O)CN1CCOc2ccccc2C1. The molecule has 1 heterocycles. The predicted molar refractivity (Wildman–Crippen MR) is 82.7 cm³/mol. The van der Waals surface area contributed by atoms with Gasteiger partial charge < -0.3 is 4.74 Å². The molecule has 0 saturated heterocycles. The number of rotatable bonds is 3. The van der Waals surface area contributed by atoms with Gasteiger partial charge in [0.2, 0.25) is 0 Å². The third kappa shape index (κ3) is 3.14. The van der Waals surface area contributed by atoms with Crippen molar-refractivity contribution in [1.82, 2.24) is 4.90 Å². The summed E-state index contributed by atoms with van der Waals surface area (Å²) >= 11 is 0. The highest BCUT2D eigenvalue weighted by atomic mass is 16.5. The third-order valence-corrected chi connectivity index (χ3v) is 3.84. The lowest BCUT2D eigenvalue weighted by molar-refractivity contribution is 0.0920. The molecule has 3 heteroatoms. The van der Waals surface area contributed by atoms with Crippen LogP contribution in [0.25, 0.3) is 0 Å². The van der Waals surface area contributed by atoms with Crippen LogP contribution in [0.2, 0.25) is 0 Å². The number of para-hydroxylation sites is 1. The molecule has 21 heavy (non-hydrogen) atoms. The fourth-order valence-corrected chi connectivity index (χ4v) is 2.69. The smallest absolute Gasteiger partial charge is 0.177 e. The van der Waals surface area contributed by atoms with Crippen LogP contribution in [0.1, 0.15) is 21.5 Å². The van der Waals surface area contributed by atoms with Crippen LogP contribution in [0.4, 0.5) is 0 Å². The van der Waals surface area contributed by atoms with E-state index in [4.69, 9.17) is 4.74 Å². The van der Waals surface area contributed by atoms with Crippen molar-refractivity contribution in [3.8, 4) is 5.75 Å². The summed E-state index contributed by atoms with van der Waals surface area (Å²) in [6.07, 6.45) is 0. The molecule has 2 aromatic carbocycles. The van der Waals surface area contributed by atoms with E-state index in [2.05, 4.69) is 11.0 Å². The summed E-state index contributed by atoms with van der Waals surface area (Å²) in [6.45, 7) is 4.56. The van der Waals surface area contributed by atoms with Gasteiger partial charge in [0.1, 0.15) is 12.4 Å². The van der Waals surface area contributed by atoms with E-state index in [-0.39, 0.29) is 5.78 Å². The van der Waals surface area contributed by atoms with Crippen molar-refractivity contribution in [3.05, 3.63) is 65.2 Å². The molecule has 0 aliphatic carbocycles. The lowest BCUT2D eigenvalue weighted by Gasteiger charge is -2.18. The second-order valence-corrected chi connectivity index (χ2v) is 5.40. The first-order valence-corrected chi connectivity index (χ1v) is 7.26. The van der Waals surface area contributed by atoms with Crippen LogP contribution in [-0.4, -0.2) is 30.4 Å². The molecule has 0 radical (unpaired) electrons. The van der Waals surface area contributed by atoms with E-state index in [1.54, 1.807) is 0 Å². The Kier molecular flexibility index (Phi) is 4.02. The van der Waals surface area contributed by atoms with Gasteiger partial charge in [-0.15, -0.1) is 0 Å². The molecule has 1 aliphatic rings. The third-order valence-electron chi connectivity index (χ3n) is 3.84. The highest BCUT2D eigenvalue weighted by Gasteiger charge is 2.18. The number of ether oxygens (including phenoxy) is 1. The summed E-state index contributed by atoms with van der Waals surface area (Å²) in [5, 5.41) is 0. The van der Waals surface area contributed by atoms with Gasteiger partial charge in [-0.2, -0.15) is 0 Å². The van der Waals surface area contributed by atoms with Crippen molar-refractivity contribution in [3.63, 3.8) is 0 Å². The first kappa shape index (κ1) is 13.8. The van der Waals surface area contributed by atoms with Crippen LogP contribution in [0.3, 0.4) is 0 Å². The molecule has 2 aromatic rings. The normalized spacial score (nSPS) is 14.9. The average molecular weight is 281 g/mol. The Bertz CT molecular complexity index is 651. The van der Waals surface area contributed by atoms with Gasteiger partial charge in [0.25, 0.3) is 0 Å². The maximum Gasteiger partial charge on any atom is 0.177 e. The van der Waals surface area contributed by atoms with Crippen molar-refractivity contribution in [2.24, 2.45) is 0 Å². The van der Waals surface area contributed by atoms with Crippen molar-refractivity contribution in [2.45, 2.75) is 13.5 Å². The first-order valence-electron chi connectivity index (χ1n) is 7.26. The second kappa shape index (κ2) is 6.10. The molecule has 0 aromatic heterocycles. The quantitative estimate of drug-likeness (QED) is 0.810. The van der Waals surface area contributed by atoms with E-state index < -0.39 is 0 Å². The van der Waals surface area contributed by atoms with Crippen molar-refractivity contribution >= 4 is 5.78 Å². The van der Waals surface area contributed by atoms with Crippen LogP contribution in [0, 0.1) is 6.92 Å². The Morgan fingerprint density at radius 3 is 2.76 bits per heavy atom. The van der Waals surface area contributed by atoms with Gasteiger partial charge in [-0.25, -0.2) is 0 Å². The number of Topliss-reactive ketones (excluding diaryl/α,β-unsaturated/α-hetero) is 1. The maximum atomic E-state index is 12.5. The number of aryl methyl sites for hydroxylation is 1. The summed E-state index contributed by atoms with van der Waals surface area (Å²) in [4.78, 5) is 14.6. The number of hydrogen-bond donors (Lipinski definition) is 0. The zero-order chi connectivity index (χ0) is 14.7. The van der Waals surface area contributed by atoms with Crippen LogP contribution in [-0.2, 0) is 6.54 Å². The van der Waals surface area contributed by atoms with Crippen LogP contribution < -0.4 is 4.74 Å². The topological polar surface area (TPSA) is 29.5 Å². The minimum Gasteiger partial charge on any atom is -0.492 e. The summed E-state index contributed by atoms with van der Waals surface area (Å²) < 4.78 is 5.74. The molecule has 0 N–H and O–H groups in total. The molecule has 0 atom stereocenters. The largest absolute Gasteiger partial charge is 0.492 e. The van der Waals surface area contributed by atoms with E-state index in [1.807, 2.05) is 49.4 Å². The van der Waals surface area contributed by atoms with Crippen LogP contribution in [0.15, 0.2) is 48.5 Å². The standard InChI is InChI=1S/C18H19NO2/c1-14-6-2-4-8-16(14)17(20)13-19-10-11-21-18-9-5-3-7-15(18)12-19/h2-9H,10-13H2,1H3. The second-order valence-electron chi connectivity index (χ2n) is 5.40. The highest BCUT2D eigenvalue weighted by molar-refractivity contribution is 5.98. The van der Waals surface area contributed by atoms with Crippen LogP contribution in [0.5, 0.6) is 5.75 Å². The van der Waals surface area contributed by atoms with Gasteiger partial charge >= 0.3 is 0 Å². The Hall–Kier alpha value is -2.13. The number of ketones is 1. The van der Waals surface area contributed by atoms with Gasteiger partial charge in [-0.05, 0) is 18.6 Å². The number of carbonyl (C=O) groups excluding carboxylic acids is 1. The van der Waals surface area contributed by atoms with E-state index in [0.717, 1.165) is 35.5 Å². The minimum absolute atomic E-state index is 0.174. The van der Waals surface area contributed by atoms with Gasteiger partial charge in [-0.1, -0.05) is 42.5 Å². The molecule has 0 bridgehead atoms. The van der Waals surface area contributed by atoms with E-state index in [0.29, 0.717) is 13.2 Å². The molecule has 0 fully saturated rings. The Morgan fingerprint density at radius 2 is 1.90 bits per heavy atom. The van der Waals surface area contributed by atoms with Crippen molar-refractivity contribution in [2.75, 3.05) is 19.7 Å². The zero-order valence-electron chi connectivity index (χ0n) is 12.2. The summed E-state index contributed by atoms with van der Waals surface area (Å²) in [6, 6.07) is 15.8. The monoisotopic (exact) mass is 281 g/mol. The molecule has 0 unspecified atom stereocenters. The molecule has 0 amide bonds. The Balaban J connectivity index is 1.74. The lowest BCUT2D eigenvalue weighted by Crippen LogP contribution is -2.31. The van der Waals surface area contributed by atoms with E-state index in [1.165, 1.54) is 0 Å². The summed E-state index contributed by atoms with van der Waals surface area (Å²) in [7, 11) is 0. The fourth-order valence-electron chi connectivity index (χ4n) is 2.69. The highest BCUT2D eigenvalue weighted by Crippen LogP contribution is 2.22. The molecule has 3 nitrogen and oxygen atoms in total. The average Bonchev–Trinajstić information content (AvgIpc) is 2.69. The number of fused-ring (bicyclic) bond motifs is 1. The fraction of sp³-hybridized carbons (Fsp3) is 0.278. The number of nitrogens with zero attached hydrogens (tertiary/aromatic N) is 1. The van der Waals surface area contributed by atoms with Gasteiger partial charge in [0, 0.05) is 24.2 Å². The number of benzene rings is 2. The molecule has 0 saturated carbocycles. The number of hydrogen-bond acceptors (Lipinski definition) is 3. The zero-order valence-corrected chi connectivity index (χ0v) is 12.2. The van der Waals surface area contributed by atoms with E-state index in [9.17, 15) is 4.79 Å². The molecule has 1 aliphatic heterocycles. The van der Waals surface area contributed by atoms with Crippen LogP contribution >= 0.6 is 0 Å². The lowest BCUT2D eigenvalue weighted by atomic mass is 10.0. The van der Waals surface area contributed by atoms with Crippen molar-refractivity contribution in [1.29, 1.82) is 0 Å². The molecule has 0 spiro atoms. The predicted octanol–water partition coefficient (Wildman–Crippen LogP) is 3.07. The molecular weight excluding hydrogens is 262 g/mol. The Morgan fingerprint density at radius 1 is 1.14 bits per heavy atom. The van der Waals surface area contributed by atoms with E-state index >= 15 is 0 Å². The summed E-state index contributed by atoms with van der Waals surface area (Å²) in [5.74, 6) is 1.11. The molecule has 108 valence electrons. The molecular formula is C18H19NO2. The van der Waals surface area contributed by atoms with Gasteiger partial charge in [0.15, 0.2) is 5.78 Å². The minimum atomic E-state index is 0.174. The first-order chi connectivity index (χ1) is 10.2. The summed E-state index contributed by atoms with van der Waals surface area (Å²) in [5.41, 5.74) is 3.00.